The van der Waals surface area contributed by atoms with E-state index >= 15 is 0 Å². The zero-order valence-corrected chi connectivity index (χ0v) is 8.84. The Balaban J connectivity index is 2.45. The van der Waals surface area contributed by atoms with Crippen LogP contribution in [0.4, 0.5) is 5.95 Å². The second-order valence-corrected chi connectivity index (χ2v) is 3.49. The number of pyridine rings is 1. The average molecular weight is 206 g/mol. The highest BCUT2D eigenvalue weighted by molar-refractivity contribution is 5.76. The fourth-order valence-corrected chi connectivity index (χ4v) is 1.52. The Morgan fingerprint density at radius 2 is 2.40 bits per heavy atom. The number of hydrogen-bond acceptors (Lipinski definition) is 4. The Labute approximate surface area is 87.9 Å². The molecule has 0 radical (unpaired) electrons. The molecule has 15 heavy (non-hydrogen) atoms. The van der Waals surface area contributed by atoms with Crippen LogP contribution in [0.2, 0.25) is 0 Å². The number of nitrogens with two attached hydrogens (primary N) is 1. The van der Waals surface area contributed by atoms with Crippen LogP contribution in [-0.4, -0.2) is 27.7 Å². The Hall–Kier alpha value is -1.62. The first kappa shape index (κ1) is 9.92. The van der Waals surface area contributed by atoms with Crippen molar-refractivity contribution in [2.45, 2.75) is 19.6 Å². The molecule has 5 heteroatoms. The van der Waals surface area contributed by atoms with Gasteiger partial charge in [0, 0.05) is 13.3 Å². The average Bonchev–Trinajstić information content (AvgIpc) is 2.55. The number of ether oxygens (including phenoxy) is 1. The molecule has 0 aliphatic rings. The quantitative estimate of drug-likeness (QED) is 0.815. The number of imidazole rings is 1. The molecule has 80 valence electrons. The summed E-state index contributed by atoms with van der Waals surface area (Å²) in [6.07, 6.45) is 3.55. The molecule has 0 bridgehead atoms. The SMILES string of the molecule is COC(C)Cn1c(N)nc2cnccc21. The van der Waals surface area contributed by atoms with Crippen molar-refractivity contribution in [1.29, 1.82) is 0 Å². The minimum absolute atomic E-state index is 0.109. The summed E-state index contributed by atoms with van der Waals surface area (Å²) in [5.41, 5.74) is 7.63. The maximum atomic E-state index is 5.82. The number of rotatable bonds is 3. The smallest absolute Gasteiger partial charge is 0.201 e. The summed E-state index contributed by atoms with van der Waals surface area (Å²) in [6.45, 7) is 2.69. The van der Waals surface area contributed by atoms with Gasteiger partial charge in [0.1, 0.15) is 5.52 Å². The molecule has 2 aromatic rings. The largest absolute Gasteiger partial charge is 0.380 e. The number of aromatic nitrogens is 3. The lowest BCUT2D eigenvalue weighted by atomic mass is 10.3. The summed E-state index contributed by atoms with van der Waals surface area (Å²) >= 11 is 0. The third kappa shape index (κ3) is 1.78. The number of hydrogen-bond donors (Lipinski definition) is 1. The highest BCUT2D eigenvalue weighted by atomic mass is 16.5. The van der Waals surface area contributed by atoms with Gasteiger partial charge in [0.2, 0.25) is 5.95 Å². The van der Waals surface area contributed by atoms with Gasteiger partial charge in [0.15, 0.2) is 0 Å². The fraction of sp³-hybridized carbons (Fsp3) is 0.400. The molecule has 0 amide bonds. The predicted octanol–water partition coefficient (Wildman–Crippen LogP) is 1.05. The van der Waals surface area contributed by atoms with Gasteiger partial charge in [-0.3, -0.25) is 4.98 Å². The number of fused-ring (bicyclic) bond motifs is 1. The summed E-state index contributed by atoms with van der Waals surface area (Å²) < 4.78 is 7.14. The van der Waals surface area contributed by atoms with Crippen LogP contribution >= 0.6 is 0 Å². The van der Waals surface area contributed by atoms with Crippen molar-refractivity contribution in [3.8, 4) is 0 Å². The van der Waals surface area contributed by atoms with E-state index in [-0.39, 0.29) is 6.10 Å². The monoisotopic (exact) mass is 206 g/mol. The first-order valence-corrected chi connectivity index (χ1v) is 4.81. The zero-order valence-electron chi connectivity index (χ0n) is 8.84. The molecule has 0 fully saturated rings. The Bertz CT molecular complexity index is 465. The molecule has 5 nitrogen and oxygen atoms in total. The van der Waals surface area contributed by atoms with Gasteiger partial charge in [-0.1, -0.05) is 0 Å². The molecule has 1 unspecified atom stereocenters. The van der Waals surface area contributed by atoms with Gasteiger partial charge in [-0.2, -0.15) is 0 Å². The van der Waals surface area contributed by atoms with E-state index in [4.69, 9.17) is 10.5 Å². The van der Waals surface area contributed by atoms with Gasteiger partial charge in [0.05, 0.1) is 24.4 Å². The van der Waals surface area contributed by atoms with Crippen molar-refractivity contribution in [1.82, 2.24) is 14.5 Å². The van der Waals surface area contributed by atoms with Crippen LogP contribution in [0.25, 0.3) is 11.0 Å². The van der Waals surface area contributed by atoms with E-state index < -0.39 is 0 Å². The Kier molecular flexibility index (Phi) is 2.55. The lowest BCUT2D eigenvalue weighted by molar-refractivity contribution is 0.105. The molecular formula is C10H14N4O. The lowest BCUT2D eigenvalue weighted by Crippen LogP contribution is -2.16. The molecule has 2 heterocycles. The molecular weight excluding hydrogens is 192 g/mol. The van der Waals surface area contributed by atoms with Gasteiger partial charge in [-0.25, -0.2) is 4.98 Å². The van der Waals surface area contributed by atoms with Crippen LogP contribution in [0.15, 0.2) is 18.5 Å². The minimum atomic E-state index is 0.109. The molecule has 0 saturated heterocycles. The summed E-state index contributed by atoms with van der Waals surface area (Å²) in [5, 5.41) is 0. The third-order valence-electron chi connectivity index (χ3n) is 2.42. The van der Waals surface area contributed by atoms with Crippen LogP contribution in [0.3, 0.4) is 0 Å². The summed E-state index contributed by atoms with van der Waals surface area (Å²) in [6, 6.07) is 1.90. The van der Waals surface area contributed by atoms with E-state index in [2.05, 4.69) is 9.97 Å². The van der Waals surface area contributed by atoms with Gasteiger partial charge < -0.3 is 15.0 Å². The van der Waals surface area contributed by atoms with Gasteiger partial charge in [0.25, 0.3) is 0 Å². The maximum absolute atomic E-state index is 5.82. The Morgan fingerprint density at radius 3 is 3.13 bits per heavy atom. The second-order valence-electron chi connectivity index (χ2n) is 3.49. The first-order chi connectivity index (χ1) is 7.22. The van der Waals surface area contributed by atoms with Crippen molar-refractivity contribution in [2.75, 3.05) is 12.8 Å². The Morgan fingerprint density at radius 1 is 1.60 bits per heavy atom. The number of methoxy groups -OCH3 is 1. The first-order valence-electron chi connectivity index (χ1n) is 4.81. The highest BCUT2D eigenvalue weighted by Gasteiger charge is 2.10. The van der Waals surface area contributed by atoms with E-state index in [0.29, 0.717) is 12.5 Å². The highest BCUT2D eigenvalue weighted by Crippen LogP contribution is 2.16. The second kappa shape index (κ2) is 3.86. The molecule has 0 spiro atoms. The van der Waals surface area contributed by atoms with E-state index in [1.807, 2.05) is 17.6 Å². The topological polar surface area (TPSA) is 66.0 Å². The normalized spacial score (nSPS) is 13.2. The standard InChI is InChI=1S/C10H14N4O/c1-7(15-2)6-14-9-3-4-12-5-8(9)13-10(14)11/h3-5,7H,6H2,1-2H3,(H2,11,13). The van der Waals surface area contributed by atoms with Crippen LogP contribution in [0.5, 0.6) is 0 Å². The number of nitrogens with zero attached hydrogens (tertiary/aromatic N) is 3. The van der Waals surface area contributed by atoms with Crippen molar-refractivity contribution >= 4 is 17.0 Å². The van der Waals surface area contributed by atoms with Crippen LogP contribution in [-0.2, 0) is 11.3 Å². The molecule has 0 aliphatic carbocycles. The number of nitrogen functional groups attached to an aromatic ring is 1. The van der Waals surface area contributed by atoms with Gasteiger partial charge in [-0.05, 0) is 13.0 Å². The summed E-state index contributed by atoms with van der Waals surface area (Å²) in [4.78, 5) is 8.23. The molecule has 1 atom stereocenters. The van der Waals surface area contributed by atoms with E-state index in [0.717, 1.165) is 11.0 Å². The predicted molar refractivity (Wildman–Crippen MR) is 58.4 cm³/mol. The summed E-state index contributed by atoms with van der Waals surface area (Å²) in [5.74, 6) is 0.502. The van der Waals surface area contributed by atoms with Crippen molar-refractivity contribution in [3.63, 3.8) is 0 Å². The van der Waals surface area contributed by atoms with Gasteiger partial charge in [-0.15, -0.1) is 0 Å². The minimum Gasteiger partial charge on any atom is -0.380 e. The van der Waals surface area contributed by atoms with E-state index in [1.165, 1.54) is 0 Å². The third-order valence-corrected chi connectivity index (χ3v) is 2.42. The molecule has 2 N–H and O–H groups in total. The van der Waals surface area contributed by atoms with E-state index in [1.54, 1.807) is 19.5 Å². The molecule has 2 aromatic heterocycles. The lowest BCUT2D eigenvalue weighted by Gasteiger charge is -2.11. The maximum Gasteiger partial charge on any atom is 0.201 e. The van der Waals surface area contributed by atoms with Crippen molar-refractivity contribution in [2.24, 2.45) is 0 Å². The van der Waals surface area contributed by atoms with Crippen LogP contribution < -0.4 is 5.73 Å². The molecule has 0 aliphatic heterocycles. The fourth-order valence-electron chi connectivity index (χ4n) is 1.52. The van der Waals surface area contributed by atoms with Crippen molar-refractivity contribution in [3.05, 3.63) is 18.5 Å². The van der Waals surface area contributed by atoms with Gasteiger partial charge >= 0.3 is 0 Å². The van der Waals surface area contributed by atoms with Crippen LogP contribution in [0.1, 0.15) is 6.92 Å². The number of anilines is 1. The van der Waals surface area contributed by atoms with Crippen LogP contribution in [0, 0.1) is 0 Å². The van der Waals surface area contributed by atoms with Crippen molar-refractivity contribution < 1.29 is 4.74 Å². The van der Waals surface area contributed by atoms with E-state index in [9.17, 15) is 0 Å². The zero-order chi connectivity index (χ0) is 10.8. The molecule has 2 rings (SSSR count). The molecule has 0 aromatic carbocycles. The summed E-state index contributed by atoms with van der Waals surface area (Å²) in [7, 11) is 1.68. The molecule has 0 saturated carbocycles.